The Balaban J connectivity index is 1.78. The van der Waals surface area contributed by atoms with Crippen molar-refractivity contribution in [2.24, 2.45) is 0 Å². The van der Waals surface area contributed by atoms with Gasteiger partial charge in [0.2, 0.25) is 6.41 Å². The minimum absolute atomic E-state index is 0.00174. The number of hydrogen-bond acceptors (Lipinski definition) is 7. The standard InChI is InChI=1S/C22H22F3N3O7S/c1-21(2)19(30)26-20(31)27(21)11-16(28(32)13-29)12-36(33,34)18-9-5-15(6-10-18)14-3-7-17(8-4-14)35-22(23,24)25/h3-10,13,16,32H,11-12H2,1-2H3,(H,26,30,31)/t16-/m1/s1. The van der Waals surface area contributed by atoms with E-state index in [4.69, 9.17) is 0 Å². The first kappa shape index (κ1) is 26.9. The molecule has 2 N–H and O–H groups in total. The van der Waals surface area contributed by atoms with Crippen LogP contribution in [0.3, 0.4) is 0 Å². The zero-order valence-electron chi connectivity index (χ0n) is 19.0. The van der Waals surface area contributed by atoms with Crippen molar-refractivity contribution in [1.29, 1.82) is 0 Å². The van der Waals surface area contributed by atoms with Crippen molar-refractivity contribution >= 4 is 28.2 Å². The number of carbonyl (C=O) groups excluding carboxylic acids is 3. The number of benzene rings is 2. The van der Waals surface area contributed by atoms with Crippen LogP contribution in [-0.4, -0.2) is 72.2 Å². The third-order valence-electron chi connectivity index (χ3n) is 5.62. The van der Waals surface area contributed by atoms with Gasteiger partial charge < -0.3 is 9.64 Å². The number of ether oxygens (including phenoxy) is 1. The Bertz CT molecular complexity index is 1250. The normalized spacial score (nSPS) is 16.4. The highest BCUT2D eigenvalue weighted by atomic mass is 32.2. The third kappa shape index (κ3) is 5.94. The fourth-order valence-corrected chi connectivity index (χ4v) is 5.08. The number of hydrogen-bond donors (Lipinski definition) is 2. The molecule has 3 rings (SSSR count). The Hall–Kier alpha value is -3.65. The number of sulfone groups is 1. The van der Waals surface area contributed by atoms with Crippen LogP contribution in [0.5, 0.6) is 5.75 Å². The lowest BCUT2D eigenvalue weighted by atomic mass is 10.0. The maximum atomic E-state index is 13.0. The molecule has 1 saturated heterocycles. The van der Waals surface area contributed by atoms with Crippen LogP contribution in [0.15, 0.2) is 53.4 Å². The van der Waals surface area contributed by atoms with E-state index in [-0.39, 0.29) is 16.4 Å². The van der Waals surface area contributed by atoms with Crippen LogP contribution < -0.4 is 10.1 Å². The van der Waals surface area contributed by atoms with Crippen molar-refractivity contribution in [3.8, 4) is 16.9 Å². The summed E-state index contributed by atoms with van der Waals surface area (Å²) in [7, 11) is -4.10. The first-order valence-electron chi connectivity index (χ1n) is 10.4. The van der Waals surface area contributed by atoms with Gasteiger partial charge in [-0.1, -0.05) is 24.3 Å². The zero-order valence-corrected chi connectivity index (χ0v) is 19.8. The van der Waals surface area contributed by atoms with Crippen LogP contribution in [0.4, 0.5) is 18.0 Å². The Labute approximate surface area is 204 Å². The van der Waals surface area contributed by atoms with Crippen molar-refractivity contribution in [2.75, 3.05) is 12.3 Å². The molecule has 0 aromatic heterocycles. The summed E-state index contributed by atoms with van der Waals surface area (Å²) in [6.07, 6.45) is -4.83. The van der Waals surface area contributed by atoms with E-state index in [2.05, 4.69) is 10.1 Å². The molecule has 14 heteroatoms. The maximum absolute atomic E-state index is 13.0. The van der Waals surface area contributed by atoms with Crippen LogP contribution >= 0.6 is 0 Å². The average Bonchev–Trinajstić information content (AvgIpc) is 2.99. The molecule has 0 unspecified atom stereocenters. The van der Waals surface area contributed by atoms with E-state index >= 15 is 0 Å². The van der Waals surface area contributed by atoms with Crippen molar-refractivity contribution in [3.63, 3.8) is 0 Å². The molecular formula is C22H22F3N3O7S. The summed E-state index contributed by atoms with van der Waals surface area (Å²) in [6.45, 7) is 2.42. The molecule has 1 aliphatic heterocycles. The fraction of sp³-hybridized carbons (Fsp3) is 0.318. The fourth-order valence-electron chi connectivity index (χ4n) is 3.57. The minimum atomic E-state index is -4.83. The SMILES string of the molecule is CC1(C)C(=O)NC(=O)N1C[C@H](CS(=O)(=O)c1ccc(-c2ccc(OC(F)(F)F)cc2)cc1)N(O)C=O. The van der Waals surface area contributed by atoms with Gasteiger partial charge in [-0.05, 0) is 49.2 Å². The summed E-state index contributed by atoms with van der Waals surface area (Å²) in [5.74, 6) is -1.78. The summed E-state index contributed by atoms with van der Waals surface area (Å²) in [5.41, 5.74) is -0.318. The second-order valence-corrected chi connectivity index (χ2v) is 10.5. The number of amides is 4. The summed E-state index contributed by atoms with van der Waals surface area (Å²) >= 11 is 0. The van der Waals surface area contributed by atoms with Crippen molar-refractivity contribution in [2.45, 2.75) is 36.7 Å². The van der Waals surface area contributed by atoms with E-state index in [1.165, 1.54) is 50.2 Å². The van der Waals surface area contributed by atoms with Gasteiger partial charge in [0.15, 0.2) is 9.84 Å². The summed E-state index contributed by atoms with van der Waals surface area (Å²) in [5, 5.41) is 12.2. The highest BCUT2D eigenvalue weighted by Gasteiger charge is 2.47. The lowest BCUT2D eigenvalue weighted by molar-refractivity contribution is -0.274. The summed E-state index contributed by atoms with van der Waals surface area (Å²) in [4.78, 5) is 36.2. The van der Waals surface area contributed by atoms with Crippen LogP contribution in [-0.2, 0) is 19.4 Å². The maximum Gasteiger partial charge on any atom is 0.573 e. The molecule has 1 atom stereocenters. The van der Waals surface area contributed by atoms with E-state index in [9.17, 15) is 41.2 Å². The van der Waals surface area contributed by atoms with Gasteiger partial charge in [-0.15, -0.1) is 13.2 Å². The number of hydroxylamine groups is 2. The van der Waals surface area contributed by atoms with Gasteiger partial charge in [-0.2, -0.15) is 0 Å². The highest BCUT2D eigenvalue weighted by Crippen LogP contribution is 2.28. The predicted octanol–water partition coefficient (Wildman–Crippen LogP) is 2.57. The first-order chi connectivity index (χ1) is 16.6. The molecule has 2 aromatic carbocycles. The number of nitrogens with one attached hydrogen (secondary N) is 1. The number of rotatable bonds is 9. The molecular weight excluding hydrogens is 507 g/mol. The Kier molecular flexibility index (Phi) is 7.32. The highest BCUT2D eigenvalue weighted by molar-refractivity contribution is 7.91. The van der Waals surface area contributed by atoms with Crippen molar-refractivity contribution < 1.29 is 45.9 Å². The topological polar surface area (TPSA) is 133 Å². The third-order valence-corrected chi connectivity index (χ3v) is 7.43. The Morgan fingerprint density at radius 1 is 1.08 bits per heavy atom. The van der Waals surface area contributed by atoms with Gasteiger partial charge in [0.25, 0.3) is 5.91 Å². The number of carbonyl (C=O) groups is 3. The number of imide groups is 1. The molecule has 4 amide bonds. The molecule has 0 radical (unpaired) electrons. The van der Waals surface area contributed by atoms with Crippen molar-refractivity contribution in [3.05, 3.63) is 48.5 Å². The minimum Gasteiger partial charge on any atom is -0.406 e. The lowest BCUT2D eigenvalue weighted by Crippen LogP contribution is -2.52. The van der Waals surface area contributed by atoms with Crippen LogP contribution in [0.2, 0.25) is 0 Å². The number of halogens is 3. The molecule has 1 heterocycles. The van der Waals surface area contributed by atoms with E-state index in [1.54, 1.807) is 0 Å². The monoisotopic (exact) mass is 529 g/mol. The molecule has 0 aliphatic carbocycles. The molecule has 1 fully saturated rings. The summed E-state index contributed by atoms with van der Waals surface area (Å²) < 4.78 is 66.8. The predicted molar refractivity (Wildman–Crippen MR) is 118 cm³/mol. The van der Waals surface area contributed by atoms with Gasteiger partial charge >= 0.3 is 12.4 Å². The van der Waals surface area contributed by atoms with E-state index < -0.39 is 57.8 Å². The second kappa shape index (κ2) is 9.78. The smallest absolute Gasteiger partial charge is 0.406 e. The Morgan fingerprint density at radius 3 is 2.06 bits per heavy atom. The van der Waals surface area contributed by atoms with Crippen LogP contribution in [0.1, 0.15) is 13.8 Å². The van der Waals surface area contributed by atoms with Crippen LogP contribution in [0.25, 0.3) is 11.1 Å². The molecule has 0 spiro atoms. The molecule has 10 nitrogen and oxygen atoms in total. The second-order valence-electron chi connectivity index (χ2n) is 8.45. The largest absolute Gasteiger partial charge is 0.573 e. The van der Waals surface area contributed by atoms with Gasteiger partial charge in [0.05, 0.1) is 16.7 Å². The number of urea groups is 1. The Morgan fingerprint density at radius 2 is 1.61 bits per heavy atom. The number of nitrogens with zero attached hydrogens (tertiary/aromatic N) is 2. The number of alkyl halides is 3. The van der Waals surface area contributed by atoms with E-state index in [0.717, 1.165) is 17.0 Å². The zero-order chi connectivity index (χ0) is 26.9. The molecule has 36 heavy (non-hydrogen) atoms. The van der Waals surface area contributed by atoms with Gasteiger partial charge in [0.1, 0.15) is 11.3 Å². The summed E-state index contributed by atoms with van der Waals surface area (Å²) in [6, 6.07) is 8.22. The molecule has 2 aromatic rings. The molecule has 194 valence electrons. The van der Waals surface area contributed by atoms with E-state index in [0.29, 0.717) is 11.1 Å². The van der Waals surface area contributed by atoms with E-state index in [1.807, 2.05) is 0 Å². The first-order valence-corrected chi connectivity index (χ1v) is 12.0. The molecule has 1 aliphatic rings. The molecule has 0 saturated carbocycles. The van der Waals surface area contributed by atoms with Gasteiger partial charge in [-0.25, -0.2) is 18.3 Å². The quantitative estimate of drug-likeness (QED) is 0.221. The van der Waals surface area contributed by atoms with Crippen molar-refractivity contribution in [1.82, 2.24) is 15.3 Å². The lowest BCUT2D eigenvalue weighted by Gasteiger charge is -2.33. The average molecular weight is 529 g/mol. The van der Waals surface area contributed by atoms with Gasteiger partial charge in [-0.3, -0.25) is 20.1 Å². The van der Waals surface area contributed by atoms with Gasteiger partial charge in [0, 0.05) is 6.54 Å². The van der Waals surface area contributed by atoms with Crippen LogP contribution in [0, 0.1) is 0 Å². The molecule has 0 bridgehead atoms.